The highest BCUT2D eigenvalue weighted by Crippen LogP contribution is 2.16. The van der Waals surface area contributed by atoms with E-state index in [0.29, 0.717) is 12.0 Å². The molecule has 6 nitrogen and oxygen atoms in total. The van der Waals surface area contributed by atoms with Gasteiger partial charge in [0.1, 0.15) is 0 Å². The summed E-state index contributed by atoms with van der Waals surface area (Å²) in [5.74, 6) is 0.476. The van der Waals surface area contributed by atoms with Gasteiger partial charge in [-0.2, -0.15) is 0 Å². The van der Waals surface area contributed by atoms with Crippen LogP contribution in [-0.4, -0.2) is 54.3 Å². The second-order valence-electron chi connectivity index (χ2n) is 4.95. The Balaban J connectivity index is 2.41. The van der Waals surface area contributed by atoms with E-state index in [-0.39, 0.29) is 0 Å². The average molecular weight is 280 g/mol. The van der Waals surface area contributed by atoms with Crippen LogP contribution in [0.4, 0.5) is 0 Å². The number of hydrogen-bond acceptors (Lipinski definition) is 3. The fourth-order valence-corrected chi connectivity index (χ4v) is 2.64. The lowest BCUT2D eigenvalue weighted by Crippen LogP contribution is -2.49. The van der Waals surface area contributed by atoms with Gasteiger partial charge in [0.2, 0.25) is 5.96 Å². The van der Waals surface area contributed by atoms with Gasteiger partial charge in [0, 0.05) is 25.7 Å². The number of piperidine rings is 1. The number of allylic oxidation sites excluding steroid dienone is 1. The molecular weight excluding hydrogens is 252 g/mol. The van der Waals surface area contributed by atoms with E-state index >= 15 is 0 Å². The maximum Gasteiger partial charge on any atom is 0.214 e. The predicted octanol–water partition coefficient (Wildman–Crippen LogP) is 1.17. The van der Waals surface area contributed by atoms with Crippen molar-refractivity contribution in [2.24, 2.45) is 10.8 Å². The Kier molecular flexibility index (Phi) is 7.72. The molecule has 114 valence electrons. The Morgan fingerprint density at radius 1 is 1.50 bits per heavy atom. The molecule has 0 saturated carbocycles. The lowest BCUT2D eigenvalue weighted by molar-refractivity contribution is 0.143. The second kappa shape index (κ2) is 9.36. The van der Waals surface area contributed by atoms with Gasteiger partial charge in [0.05, 0.1) is 6.34 Å². The first-order valence-electron chi connectivity index (χ1n) is 7.40. The number of nitrogens with zero attached hydrogens (tertiary/aromatic N) is 3. The maximum atomic E-state index is 6.87. The largest absolute Gasteiger partial charge is 0.368 e. The quantitative estimate of drug-likeness (QED) is 0.283. The molecule has 1 saturated heterocycles. The van der Waals surface area contributed by atoms with Crippen LogP contribution >= 0.6 is 0 Å². The number of rotatable bonds is 7. The molecule has 0 radical (unpaired) electrons. The number of nitrogens with two attached hydrogens (primary N) is 1. The van der Waals surface area contributed by atoms with Crippen molar-refractivity contribution in [3.63, 3.8) is 0 Å². The third-order valence-corrected chi connectivity index (χ3v) is 3.77. The first-order chi connectivity index (χ1) is 9.72. The highest BCUT2D eigenvalue weighted by Gasteiger charge is 2.24. The Morgan fingerprint density at radius 2 is 2.20 bits per heavy atom. The molecule has 1 rings (SSSR count). The first kappa shape index (κ1) is 16.5. The van der Waals surface area contributed by atoms with E-state index in [1.807, 2.05) is 0 Å². The summed E-state index contributed by atoms with van der Waals surface area (Å²) in [5, 5.41) is 10.8. The van der Waals surface area contributed by atoms with Gasteiger partial charge in [-0.1, -0.05) is 19.1 Å². The molecule has 1 heterocycles. The summed E-state index contributed by atoms with van der Waals surface area (Å²) in [6.45, 7) is 8.39. The molecule has 1 aliphatic rings. The highest BCUT2D eigenvalue weighted by molar-refractivity contribution is 5.78. The molecule has 1 fully saturated rings. The first-order valence-corrected chi connectivity index (χ1v) is 7.40. The van der Waals surface area contributed by atoms with Gasteiger partial charge in [-0.3, -0.25) is 10.8 Å². The molecular formula is C14H28N6. The van der Waals surface area contributed by atoms with Crippen LogP contribution in [0.25, 0.3) is 0 Å². The molecule has 0 atom stereocenters. The van der Waals surface area contributed by atoms with Crippen LogP contribution in [0.5, 0.6) is 0 Å². The fourth-order valence-electron chi connectivity index (χ4n) is 2.64. The number of hydrogen-bond donors (Lipinski definition) is 3. The summed E-state index contributed by atoms with van der Waals surface area (Å²) in [6.07, 6.45) is 8.72. The van der Waals surface area contributed by atoms with E-state index in [9.17, 15) is 0 Å². The summed E-state index contributed by atoms with van der Waals surface area (Å²) in [6, 6.07) is 0.644. The Bertz CT molecular complexity index is 331. The molecule has 6 heteroatoms. The SMILES string of the molecule is C/C=C/CCN(CC)C1CCN(C(N)=NNC=N)CC1. The number of nitrogens with one attached hydrogen (secondary N) is 2. The van der Waals surface area contributed by atoms with Crippen LogP contribution in [0.2, 0.25) is 0 Å². The van der Waals surface area contributed by atoms with Gasteiger partial charge >= 0.3 is 0 Å². The molecule has 0 aromatic heterocycles. The van der Waals surface area contributed by atoms with Crippen molar-refractivity contribution < 1.29 is 0 Å². The van der Waals surface area contributed by atoms with Crippen molar-refractivity contribution in [1.82, 2.24) is 15.2 Å². The van der Waals surface area contributed by atoms with Crippen LogP contribution in [0.15, 0.2) is 17.3 Å². The molecule has 0 unspecified atom stereocenters. The van der Waals surface area contributed by atoms with Crippen molar-refractivity contribution in [3.8, 4) is 0 Å². The molecule has 0 aromatic carbocycles. The average Bonchev–Trinajstić information content (AvgIpc) is 2.49. The van der Waals surface area contributed by atoms with Gasteiger partial charge < -0.3 is 15.5 Å². The molecule has 0 aromatic rings. The predicted molar refractivity (Wildman–Crippen MR) is 84.8 cm³/mol. The van der Waals surface area contributed by atoms with E-state index < -0.39 is 0 Å². The molecule has 4 N–H and O–H groups in total. The number of likely N-dealkylation sites (tertiary alicyclic amines) is 1. The van der Waals surface area contributed by atoms with Crippen LogP contribution in [-0.2, 0) is 0 Å². The van der Waals surface area contributed by atoms with Crippen molar-refractivity contribution in [1.29, 1.82) is 5.41 Å². The summed E-state index contributed by atoms with van der Waals surface area (Å²) in [4.78, 5) is 4.63. The number of guanidine groups is 1. The van der Waals surface area contributed by atoms with Gasteiger partial charge in [-0.25, -0.2) is 0 Å². The topological polar surface area (TPSA) is 80.7 Å². The van der Waals surface area contributed by atoms with Crippen LogP contribution in [0.3, 0.4) is 0 Å². The van der Waals surface area contributed by atoms with E-state index in [0.717, 1.165) is 51.8 Å². The molecule has 1 aliphatic heterocycles. The third-order valence-electron chi connectivity index (χ3n) is 3.77. The Hall–Kier alpha value is -1.56. The van der Waals surface area contributed by atoms with Crippen molar-refractivity contribution in [3.05, 3.63) is 12.2 Å². The zero-order valence-corrected chi connectivity index (χ0v) is 12.7. The number of hydrazone groups is 1. The van der Waals surface area contributed by atoms with Gasteiger partial charge in [-0.15, -0.1) is 5.10 Å². The van der Waals surface area contributed by atoms with Crippen molar-refractivity contribution in [2.75, 3.05) is 26.2 Å². The molecule has 0 bridgehead atoms. The third kappa shape index (κ3) is 5.21. The van der Waals surface area contributed by atoms with E-state index in [1.165, 1.54) is 0 Å². The van der Waals surface area contributed by atoms with Gasteiger partial charge in [0.25, 0.3) is 0 Å². The second-order valence-corrected chi connectivity index (χ2v) is 4.95. The van der Waals surface area contributed by atoms with E-state index in [2.05, 4.69) is 46.3 Å². The minimum atomic E-state index is 0.476. The van der Waals surface area contributed by atoms with Gasteiger partial charge in [0.15, 0.2) is 0 Å². The van der Waals surface area contributed by atoms with Crippen LogP contribution in [0.1, 0.15) is 33.1 Å². The zero-order valence-electron chi connectivity index (χ0n) is 12.7. The summed E-state index contributed by atoms with van der Waals surface area (Å²) in [7, 11) is 0. The summed E-state index contributed by atoms with van der Waals surface area (Å²) >= 11 is 0. The Labute approximate surface area is 122 Å². The lowest BCUT2D eigenvalue weighted by atomic mass is 10.0. The van der Waals surface area contributed by atoms with Gasteiger partial charge in [-0.05, 0) is 32.7 Å². The van der Waals surface area contributed by atoms with Crippen LogP contribution in [0, 0.1) is 5.41 Å². The Morgan fingerprint density at radius 3 is 2.75 bits per heavy atom. The van der Waals surface area contributed by atoms with Crippen LogP contribution < -0.4 is 11.2 Å². The summed E-state index contributed by atoms with van der Waals surface area (Å²) < 4.78 is 0. The molecule has 0 amide bonds. The minimum absolute atomic E-state index is 0.476. The monoisotopic (exact) mass is 280 g/mol. The summed E-state index contributed by atoms with van der Waals surface area (Å²) in [5.41, 5.74) is 8.34. The molecule has 0 spiro atoms. The maximum absolute atomic E-state index is 6.87. The lowest BCUT2D eigenvalue weighted by Gasteiger charge is -2.38. The zero-order chi connectivity index (χ0) is 14.8. The highest BCUT2D eigenvalue weighted by atomic mass is 15.4. The smallest absolute Gasteiger partial charge is 0.214 e. The standard InChI is InChI=1S/C14H28N6/c1-3-5-6-9-19(4-2)13-7-10-20(11-8-13)14(16)18-17-12-15/h3,5,12-13H,4,6-11H2,1-2H3,(H2,15,17)(H2,16,18)/b5-3+. The molecule has 0 aliphatic carbocycles. The molecule has 20 heavy (non-hydrogen) atoms. The normalized spacial score (nSPS) is 17.9. The van der Waals surface area contributed by atoms with Crippen molar-refractivity contribution in [2.45, 2.75) is 39.2 Å². The van der Waals surface area contributed by atoms with Crippen molar-refractivity contribution >= 4 is 12.3 Å². The minimum Gasteiger partial charge on any atom is -0.368 e. The fraction of sp³-hybridized carbons (Fsp3) is 0.714. The van der Waals surface area contributed by atoms with E-state index in [4.69, 9.17) is 11.1 Å². The van der Waals surface area contributed by atoms with E-state index in [1.54, 1.807) is 0 Å².